The van der Waals surface area contributed by atoms with Gasteiger partial charge in [0.2, 0.25) is 10.0 Å². The van der Waals surface area contributed by atoms with E-state index >= 15 is 0 Å². The van der Waals surface area contributed by atoms with Crippen molar-refractivity contribution in [1.29, 1.82) is 0 Å². The zero-order valence-corrected chi connectivity index (χ0v) is 15.0. The zero-order chi connectivity index (χ0) is 18.0. The minimum absolute atomic E-state index is 0.0346. The van der Waals surface area contributed by atoms with Gasteiger partial charge in [-0.25, -0.2) is 13.0 Å². The molecule has 1 N–H and O–H groups in total. The van der Waals surface area contributed by atoms with E-state index in [2.05, 4.69) is 15.6 Å². The van der Waals surface area contributed by atoms with Crippen molar-refractivity contribution in [2.24, 2.45) is 0 Å². The Kier molecular flexibility index (Phi) is 4.71. The average molecular weight is 372 g/mol. The molecule has 0 radical (unpaired) electrons. The fourth-order valence-electron chi connectivity index (χ4n) is 3.34. The van der Waals surface area contributed by atoms with Gasteiger partial charge in [-0.1, -0.05) is 24.3 Å². The maximum Gasteiger partial charge on any atom is 0.243 e. The topological polar surface area (TPSA) is 88.3 Å². The molecule has 0 saturated carbocycles. The van der Waals surface area contributed by atoms with E-state index in [1.54, 1.807) is 34.6 Å². The van der Waals surface area contributed by atoms with Crippen molar-refractivity contribution < 1.29 is 13.0 Å². The quantitative estimate of drug-likeness (QED) is 0.738. The molecule has 8 heteroatoms. The van der Waals surface area contributed by atoms with Gasteiger partial charge in [-0.2, -0.15) is 4.31 Å². The van der Waals surface area contributed by atoms with Gasteiger partial charge >= 0.3 is 0 Å². The van der Waals surface area contributed by atoms with Gasteiger partial charge in [-0.05, 0) is 66.1 Å². The predicted octanol–water partition coefficient (Wildman–Crippen LogP) is 2.17. The van der Waals surface area contributed by atoms with Crippen LogP contribution in [-0.2, 0) is 16.6 Å². The third-order valence-electron chi connectivity index (χ3n) is 4.72. The first-order valence-corrected chi connectivity index (χ1v) is 10.1. The standard InChI is InChI=1S/C18H20N4O3S/c23-26(24,16-4-2-1-3-5-16)22(15-8-10-19-11-9-15)13-14-6-7-17-18(12-14)21-25-20-17/h1-7,12,15,19H,8-11,13H2. The number of rotatable bonds is 5. The SMILES string of the molecule is O=S(=O)(c1ccccc1)N(Cc1ccc2nonc2c1)C1CCNCC1. The van der Waals surface area contributed by atoms with Gasteiger partial charge in [-0.15, -0.1) is 0 Å². The number of sulfonamides is 1. The van der Waals surface area contributed by atoms with Gasteiger partial charge in [0.25, 0.3) is 0 Å². The molecule has 4 rings (SSSR count). The first-order valence-electron chi connectivity index (χ1n) is 8.63. The van der Waals surface area contributed by atoms with Crippen LogP contribution in [0.25, 0.3) is 11.0 Å². The lowest BCUT2D eigenvalue weighted by Gasteiger charge is -2.33. The summed E-state index contributed by atoms with van der Waals surface area (Å²) in [5.74, 6) is 0. The van der Waals surface area contributed by atoms with Crippen LogP contribution in [0.5, 0.6) is 0 Å². The maximum atomic E-state index is 13.3. The largest absolute Gasteiger partial charge is 0.317 e. The lowest BCUT2D eigenvalue weighted by atomic mass is 10.1. The summed E-state index contributed by atoms with van der Waals surface area (Å²) in [4.78, 5) is 0.322. The second-order valence-corrected chi connectivity index (χ2v) is 8.32. The molecular formula is C18H20N4O3S. The molecule has 0 unspecified atom stereocenters. The lowest BCUT2D eigenvalue weighted by Crippen LogP contribution is -2.45. The highest BCUT2D eigenvalue weighted by atomic mass is 32.2. The Bertz CT molecular complexity index is 982. The smallest absolute Gasteiger partial charge is 0.243 e. The van der Waals surface area contributed by atoms with Gasteiger partial charge in [0, 0.05) is 12.6 Å². The Morgan fingerprint density at radius 3 is 2.54 bits per heavy atom. The summed E-state index contributed by atoms with van der Waals surface area (Å²) >= 11 is 0. The Morgan fingerprint density at radius 1 is 1.04 bits per heavy atom. The van der Waals surface area contributed by atoms with Crippen LogP contribution in [0, 0.1) is 0 Å². The molecule has 2 aromatic carbocycles. The van der Waals surface area contributed by atoms with Gasteiger partial charge in [0.15, 0.2) is 0 Å². The summed E-state index contributed by atoms with van der Waals surface area (Å²) in [6.45, 7) is 1.93. The lowest BCUT2D eigenvalue weighted by molar-refractivity contribution is 0.256. The molecule has 3 aromatic rings. The third-order valence-corrected chi connectivity index (χ3v) is 6.63. The van der Waals surface area contributed by atoms with Crippen molar-refractivity contribution in [1.82, 2.24) is 19.9 Å². The summed E-state index contributed by atoms with van der Waals surface area (Å²) < 4.78 is 33.0. The second kappa shape index (κ2) is 7.14. The minimum Gasteiger partial charge on any atom is -0.317 e. The third kappa shape index (κ3) is 3.35. The average Bonchev–Trinajstić information content (AvgIpc) is 3.15. The van der Waals surface area contributed by atoms with Crippen molar-refractivity contribution in [3.63, 3.8) is 0 Å². The minimum atomic E-state index is -3.59. The van der Waals surface area contributed by atoms with Crippen LogP contribution in [-0.4, -0.2) is 42.2 Å². The van der Waals surface area contributed by atoms with Crippen LogP contribution < -0.4 is 5.32 Å². The molecule has 0 amide bonds. The van der Waals surface area contributed by atoms with Crippen LogP contribution in [0.2, 0.25) is 0 Å². The number of aromatic nitrogens is 2. The molecule has 1 saturated heterocycles. The Morgan fingerprint density at radius 2 is 1.77 bits per heavy atom. The van der Waals surface area contributed by atoms with Crippen LogP contribution in [0.1, 0.15) is 18.4 Å². The summed E-state index contributed by atoms with van der Waals surface area (Å²) in [5, 5.41) is 10.9. The highest BCUT2D eigenvalue weighted by Crippen LogP contribution is 2.25. The Hall–Kier alpha value is -2.29. The molecule has 1 aromatic heterocycles. The molecule has 1 fully saturated rings. The molecule has 1 aliphatic heterocycles. The van der Waals surface area contributed by atoms with Crippen LogP contribution in [0.3, 0.4) is 0 Å². The Balaban J connectivity index is 1.70. The summed E-state index contributed by atoms with van der Waals surface area (Å²) in [7, 11) is -3.59. The molecule has 0 atom stereocenters. The molecule has 26 heavy (non-hydrogen) atoms. The number of benzene rings is 2. The van der Waals surface area contributed by atoms with Crippen LogP contribution in [0.15, 0.2) is 58.1 Å². The van der Waals surface area contributed by atoms with Crippen LogP contribution >= 0.6 is 0 Å². The van der Waals surface area contributed by atoms with E-state index in [0.717, 1.165) is 31.5 Å². The van der Waals surface area contributed by atoms with Gasteiger partial charge in [0.05, 0.1) is 4.90 Å². The normalized spacial score (nSPS) is 16.3. The van der Waals surface area contributed by atoms with Crippen molar-refractivity contribution in [2.75, 3.05) is 13.1 Å². The van der Waals surface area contributed by atoms with Crippen molar-refractivity contribution >= 4 is 21.1 Å². The van der Waals surface area contributed by atoms with E-state index in [4.69, 9.17) is 4.63 Å². The molecule has 0 bridgehead atoms. The maximum absolute atomic E-state index is 13.3. The first-order chi connectivity index (χ1) is 12.6. The van der Waals surface area contributed by atoms with Crippen molar-refractivity contribution in [3.8, 4) is 0 Å². The van der Waals surface area contributed by atoms with E-state index in [1.165, 1.54) is 0 Å². The first kappa shape index (κ1) is 17.1. The van der Waals surface area contributed by atoms with E-state index in [0.29, 0.717) is 22.5 Å². The molecule has 7 nitrogen and oxygen atoms in total. The number of hydrogen-bond donors (Lipinski definition) is 1. The zero-order valence-electron chi connectivity index (χ0n) is 14.2. The number of hydrogen-bond acceptors (Lipinski definition) is 6. The van der Waals surface area contributed by atoms with E-state index < -0.39 is 10.0 Å². The van der Waals surface area contributed by atoms with Crippen molar-refractivity contribution in [2.45, 2.75) is 30.3 Å². The molecule has 1 aliphatic rings. The molecule has 0 spiro atoms. The summed E-state index contributed by atoms with van der Waals surface area (Å²) in [6.07, 6.45) is 1.58. The van der Waals surface area contributed by atoms with Crippen molar-refractivity contribution in [3.05, 3.63) is 54.1 Å². The van der Waals surface area contributed by atoms with Gasteiger partial charge in [0.1, 0.15) is 11.0 Å². The fourth-order valence-corrected chi connectivity index (χ4v) is 5.03. The molecule has 136 valence electrons. The molecule has 0 aliphatic carbocycles. The second-order valence-electron chi connectivity index (χ2n) is 6.43. The molecular weight excluding hydrogens is 352 g/mol. The van der Waals surface area contributed by atoms with E-state index in [9.17, 15) is 8.42 Å². The number of nitrogens with one attached hydrogen (secondary N) is 1. The summed E-state index contributed by atoms with van der Waals surface area (Å²) in [5.41, 5.74) is 2.16. The fraction of sp³-hybridized carbons (Fsp3) is 0.333. The number of fused-ring (bicyclic) bond motifs is 1. The molecule has 2 heterocycles. The van der Waals surface area contributed by atoms with Crippen LogP contribution in [0.4, 0.5) is 0 Å². The predicted molar refractivity (Wildman–Crippen MR) is 96.9 cm³/mol. The van der Waals surface area contributed by atoms with Gasteiger partial charge in [-0.3, -0.25) is 0 Å². The highest BCUT2D eigenvalue weighted by Gasteiger charge is 2.32. The highest BCUT2D eigenvalue weighted by molar-refractivity contribution is 7.89. The Labute approximate surface area is 152 Å². The van der Waals surface area contributed by atoms with E-state index in [-0.39, 0.29) is 6.04 Å². The van der Waals surface area contributed by atoms with Gasteiger partial charge < -0.3 is 5.32 Å². The number of nitrogens with zero attached hydrogens (tertiary/aromatic N) is 3. The number of piperidine rings is 1. The monoisotopic (exact) mass is 372 g/mol. The van der Waals surface area contributed by atoms with E-state index in [1.807, 2.05) is 18.2 Å². The summed E-state index contributed by atoms with van der Waals surface area (Å²) in [6, 6.07) is 14.1.